The van der Waals surface area contributed by atoms with E-state index in [1.807, 2.05) is 78.9 Å². The van der Waals surface area contributed by atoms with Crippen LogP contribution in [0.25, 0.3) is 0 Å². The van der Waals surface area contributed by atoms with Crippen LogP contribution in [-0.2, 0) is 4.79 Å². The molecule has 0 aliphatic carbocycles. The van der Waals surface area contributed by atoms with E-state index in [2.05, 4.69) is 4.99 Å². The molecule has 25 heavy (non-hydrogen) atoms. The molecule has 0 saturated heterocycles. The Kier molecular flexibility index (Phi) is 3.78. The number of methoxy groups -OCH3 is 1. The lowest BCUT2D eigenvalue weighted by molar-refractivity contribution is -0.111. The van der Waals surface area contributed by atoms with Crippen molar-refractivity contribution < 1.29 is 9.53 Å². The Bertz CT molecular complexity index is 964. The van der Waals surface area contributed by atoms with Crippen molar-refractivity contribution in [3.63, 3.8) is 0 Å². The zero-order valence-corrected chi connectivity index (χ0v) is 13.7. The first kappa shape index (κ1) is 15.1. The molecule has 4 rings (SSSR count). The number of fused-ring (bicyclic) bond motifs is 1. The zero-order valence-electron chi connectivity index (χ0n) is 13.7. The molecule has 0 atom stereocenters. The molecule has 0 aromatic heterocycles. The van der Waals surface area contributed by atoms with Gasteiger partial charge in [-0.15, -0.1) is 0 Å². The maximum absolute atomic E-state index is 13.1. The maximum Gasteiger partial charge on any atom is 0.282 e. The molecule has 0 fully saturated rings. The molecule has 4 heteroatoms. The second-order valence-corrected chi connectivity index (χ2v) is 5.63. The molecule has 1 aliphatic heterocycles. The molecule has 0 unspecified atom stereocenters. The lowest BCUT2D eigenvalue weighted by Gasteiger charge is -2.16. The molecule has 1 aliphatic rings. The van der Waals surface area contributed by atoms with E-state index in [1.165, 1.54) is 0 Å². The number of nitrogens with zero attached hydrogens (tertiary/aromatic N) is 2. The molecule has 3 aromatic rings. The molecule has 1 amide bonds. The average molecular weight is 328 g/mol. The number of hydrogen-bond acceptors (Lipinski definition) is 3. The van der Waals surface area contributed by atoms with Gasteiger partial charge in [0.25, 0.3) is 5.91 Å². The molecule has 0 saturated carbocycles. The smallest absolute Gasteiger partial charge is 0.282 e. The van der Waals surface area contributed by atoms with Gasteiger partial charge in [0.05, 0.1) is 12.8 Å². The Balaban J connectivity index is 1.88. The fraction of sp³-hybridized carbons (Fsp3) is 0.0476. The standard InChI is InChI=1S/C21H16N2O2/c1-25-19-14-8-6-12-17(19)22-20-16-11-5-7-13-18(16)23(21(20)24)15-9-3-2-4-10-15/h2-14H,1H3. The van der Waals surface area contributed by atoms with Gasteiger partial charge in [-0.2, -0.15) is 0 Å². The summed E-state index contributed by atoms with van der Waals surface area (Å²) in [7, 11) is 1.60. The SMILES string of the molecule is COc1ccccc1N=C1C(=O)N(c2ccccc2)c2ccccc21. The van der Waals surface area contributed by atoms with E-state index in [-0.39, 0.29) is 5.91 Å². The number of hydrogen-bond donors (Lipinski definition) is 0. The van der Waals surface area contributed by atoms with Crippen molar-refractivity contribution >= 4 is 28.7 Å². The molecule has 122 valence electrons. The largest absolute Gasteiger partial charge is 0.494 e. The second kappa shape index (κ2) is 6.24. The number of carbonyl (C=O) groups is 1. The molecular formula is C21H16N2O2. The Hall–Kier alpha value is -3.40. The van der Waals surface area contributed by atoms with Gasteiger partial charge < -0.3 is 4.74 Å². The van der Waals surface area contributed by atoms with Crippen molar-refractivity contribution in [1.29, 1.82) is 0 Å². The molecule has 0 radical (unpaired) electrons. The lowest BCUT2D eigenvalue weighted by Crippen LogP contribution is -2.25. The highest BCUT2D eigenvalue weighted by atomic mass is 16.5. The monoisotopic (exact) mass is 328 g/mol. The van der Waals surface area contributed by atoms with E-state index in [4.69, 9.17) is 4.74 Å². The van der Waals surface area contributed by atoms with Crippen LogP contribution in [0, 0.1) is 0 Å². The van der Waals surface area contributed by atoms with Gasteiger partial charge in [-0.05, 0) is 30.3 Å². The number of benzene rings is 3. The first-order valence-corrected chi connectivity index (χ1v) is 8.00. The third-order valence-corrected chi connectivity index (χ3v) is 4.14. The van der Waals surface area contributed by atoms with Gasteiger partial charge >= 0.3 is 0 Å². The van der Waals surface area contributed by atoms with Gasteiger partial charge in [-0.1, -0.05) is 48.5 Å². The number of para-hydroxylation sites is 4. The molecular weight excluding hydrogens is 312 g/mol. The van der Waals surface area contributed by atoms with E-state index < -0.39 is 0 Å². The minimum atomic E-state index is -0.140. The van der Waals surface area contributed by atoms with Crippen LogP contribution in [0.2, 0.25) is 0 Å². The average Bonchev–Trinajstić information content (AvgIpc) is 2.95. The molecule has 3 aromatic carbocycles. The second-order valence-electron chi connectivity index (χ2n) is 5.63. The highest BCUT2D eigenvalue weighted by Crippen LogP contribution is 2.37. The summed E-state index contributed by atoms with van der Waals surface area (Å²) < 4.78 is 5.36. The normalized spacial score (nSPS) is 14.7. The molecule has 1 heterocycles. The topological polar surface area (TPSA) is 41.9 Å². The van der Waals surface area contributed by atoms with Crippen LogP contribution < -0.4 is 9.64 Å². The van der Waals surface area contributed by atoms with E-state index >= 15 is 0 Å². The Morgan fingerprint density at radius 3 is 2.32 bits per heavy atom. The first-order valence-electron chi connectivity index (χ1n) is 8.00. The first-order chi connectivity index (χ1) is 12.3. The Labute approximate surface area is 146 Å². The van der Waals surface area contributed by atoms with Crippen molar-refractivity contribution in [3.05, 3.63) is 84.4 Å². The summed E-state index contributed by atoms with van der Waals surface area (Å²) in [4.78, 5) is 19.4. The van der Waals surface area contributed by atoms with Gasteiger partial charge in [0.1, 0.15) is 17.1 Å². The van der Waals surface area contributed by atoms with Crippen molar-refractivity contribution in [1.82, 2.24) is 0 Å². The van der Waals surface area contributed by atoms with Crippen LogP contribution in [0.5, 0.6) is 5.75 Å². The molecule has 0 bridgehead atoms. The molecule has 0 spiro atoms. The van der Waals surface area contributed by atoms with Crippen molar-refractivity contribution in [2.45, 2.75) is 0 Å². The maximum atomic E-state index is 13.1. The predicted octanol–water partition coefficient (Wildman–Crippen LogP) is 4.49. The van der Waals surface area contributed by atoms with Gasteiger partial charge in [0.15, 0.2) is 0 Å². The summed E-state index contributed by atoms with van der Waals surface area (Å²) in [6.07, 6.45) is 0. The Morgan fingerprint density at radius 2 is 1.52 bits per heavy atom. The van der Waals surface area contributed by atoms with E-state index in [9.17, 15) is 4.79 Å². The minimum absolute atomic E-state index is 0.140. The summed E-state index contributed by atoms with van der Waals surface area (Å²) in [5.41, 5.74) is 3.54. The minimum Gasteiger partial charge on any atom is -0.494 e. The number of anilines is 2. The van der Waals surface area contributed by atoms with Crippen LogP contribution in [0.15, 0.2) is 83.9 Å². The predicted molar refractivity (Wildman–Crippen MR) is 99.2 cm³/mol. The number of amides is 1. The highest BCUT2D eigenvalue weighted by molar-refractivity contribution is 6.56. The Morgan fingerprint density at radius 1 is 0.840 bits per heavy atom. The van der Waals surface area contributed by atoms with Crippen molar-refractivity contribution in [2.75, 3.05) is 12.0 Å². The summed E-state index contributed by atoms with van der Waals surface area (Å²) in [5, 5.41) is 0. The van der Waals surface area contributed by atoms with Crippen LogP contribution >= 0.6 is 0 Å². The summed E-state index contributed by atoms with van der Waals surface area (Å²) >= 11 is 0. The third kappa shape index (κ3) is 2.58. The number of aliphatic imine (C=N–C) groups is 1. The third-order valence-electron chi connectivity index (χ3n) is 4.14. The zero-order chi connectivity index (χ0) is 17.2. The van der Waals surface area contributed by atoms with E-state index in [0.717, 1.165) is 16.9 Å². The van der Waals surface area contributed by atoms with Gasteiger partial charge in [0, 0.05) is 11.3 Å². The van der Waals surface area contributed by atoms with Crippen LogP contribution in [0.1, 0.15) is 5.56 Å². The fourth-order valence-electron chi connectivity index (χ4n) is 2.98. The quantitative estimate of drug-likeness (QED) is 0.710. The summed E-state index contributed by atoms with van der Waals surface area (Å²) in [6.45, 7) is 0. The van der Waals surface area contributed by atoms with Gasteiger partial charge in [0.2, 0.25) is 0 Å². The molecule has 0 N–H and O–H groups in total. The van der Waals surface area contributed by atoms with Crippen molar-refractivity contribution in [2.24, 2.45) is 4.99 Å². The van der Waals surface area contributed by atoms with Crippen LogP contribution in [0.4, 0.5) is 17.1 Å². The molecule has 4 nitrogen and oxygen atoms in total. The summed E-state index contributed by atoms with van der Waals surface area (Å²) in [5.74, 6) is 0.497. The van der Waals surface area contributed by atoms with Gasteiger partial charge in [-0.25, -0.2) is 4.99 Å². The summed E-state index contributed by atoms with van der Waals surface area (Å²) in [6, 6.07) is 24.7. The lowest BCUT2D eigenvalue weighted by atomic mass is 10.1. The van der Waals surface area contributed by atoms with Crippen molar-refractivity contribution in [3.8, 4) is 5.75 Å². The van der Waals surface area contributed by atoms with Crippen LogP contribution in [0.3, 0.4) is 0 Å². The van der Waals surface area contributed by atoms with E-state index in [1.54, 1.807) is 12.0 Å². The highest BCUT2D eigenvalue weighted by Gasteiger charge is 2.34. The number of ether oxygens (including phenoxy) is 1. The van der Waals surface area contributed by atoms with Gasteiger partial charge in [-0.3, -0.25) is 9.69 Å². The fourth-order valence-corrected chi connectivity index (χ4v) is 2.98. The number of rotatable bonds is 3. The van der Waals surface area contributed by atoms with E-state index in [0.29, 0.717) is 17.1 Å². The van der Waals surface area contributed by atoms with Crippen LogP contribution in [-0.4, -0.2) is 18.7 Å². The number of carbonyl (C=O) groups excluding carboxylic acids is 1.